The zero-order valence-electron chi connectivity index (χ0n) is 21.1. The van der Waals surface area contributed by atoms with Crippen LogP contribution in [0.2, 0.25) is 0 Å². The summed E-state index contributed by atoms with van der Waals surface area (Å²) in [5.41, 5.74) is 6.03. The molecule has 184 valence electrons. The Morgan fingerprint density at radius 1 is 1.03 bits per heavy atom. The SMILES string of the molecule is CCC.CCC1=CC(c2ccc(-n3ncc4nc(C)ccc43)cc2O)=NN=C(N2CCNCC2)C1. The molecule has 0 bridgehead atoms. The molecule has 0 spiro atoms. The molecule has 0 aliphatic carbocycles. The van der Waals surface area contributed by atoms with Crippen LogP contribution in [-0.4, -0.2) is 62.5 Å². The maximum absolute atomic E-state index is 10.9. The monoisotopic (exact) mass is 473 g/mol. The van der Waals surface area contributed by atoms with Gasteiger partial charge in [-0.2, -0.15) is 5.10 Å². The molecule has 8 nitrogen and oxygen atoms in total. The van der Waals surface area contributed by atoms with Crippen LogP contribution in [0.4, 0.5) is 0 Å². The van der Waals surface area contributed by atoms with Crippen LogP contribution in [0.1, 0.15) is 51.3 Å². The first-order valence-electron chi connectivity index (χ1n) is 12.5. The highest BCUT2D eigenvalue weighted by molar-refractivity contribution is 6.12. The molecule has 0 radical (unpaired) electrons. The summed E-state index contributed by atoms with van der Waals surface area (Å²) in [7, 11) is 0. The second-order valence-corrected chi connectivity index (χ2v) is 8.89. The number of allylic oxidation sites excluding steroid dienone is 1. The van der Waals surface area contributed by atoms with E-state index in [0.717, 1.165) is 67.3 Å². The fraction of sp³-hybridized carbons (Fsp3) is 0.407. The average Bonchev–Trinajstić information content (AvgIpc) is 3.16. The Morgan fingerprint density at radius 3 is 2.51 bits per heavy atom. The molecule has 0 saturated carbocycles. The van der Waals surface area contributed by atoms with Gasteiger partial charge < -0.3 is 15.3 Å². The molecule has 2 aliphatic rings. The average molecular weight is 474 g/mol. The number of nitrogens with one attached hydrogen (secondary N) is 1. The largest absolute Gasteiger partial charge is 0.507 e. The normalized spacial score (nSPS) is 16.1. The van der Waals surface area contributed by atoms with E-state index in [0.29, 0.717) is 11.3 Å². The third-order valence-electron chi connectivity index (χ3n) is 6.00. The maximum atomic E-state index is 10.9. The van der Waals surface area contributed by atoms with E-state index in [1.807, 2.05) is 31.2 Å². The van der Waals surface area contributed by atoms with Gasteiger partial charge in [0.1, 0.15) is 17.1 Å². The zero-order chi connectivity index (χ0) is 24.8. The lowest BCUT2D eigenvalue weighted by Crippen LogP contribution is -2.46. The Bertz CT molecular complexity index is 1270. The number of piperazine rings is 1. The van der Waals surface area contributed by atoms with Gasteiger partial charge in [0, 0.05) is 49.9 Å². The summed E-state index contributed by atoms with van der Waals surface area (Å²) < 4.78 is 1.79. The van der Waals surface area contributed by atoms with Crippen LogP contribution in [0.15, 0.2) is 58.4 Å². The number of aromatic hydroxyl groups is 1. The minimum Gasteiger partial charge on any atom is -0.507 e. The molecule has 0 unspecified atom stereocenters. The van der Waals surface area contributed by atoms with E-state index in [1.54, 1.807) is 16.9 Å². The van der Waals surface area contributed by atoms with Crippen LogP contribution in [0.5, 0.6) is 5.75 Å². The van der Waals surface area contributed by atoms with Gasteiger partial charge in [-0.3, -0.25) is 0 Å². The van der Waals surface area contributed by atoms with Crippen molar-refractivity contribution in [3.05, 3.63) is 59.4 Å². The summed E-state index contributed by atoms with van der Waals surface area (Å²) >= 11 is 0. The first-order chi connectivity index (χ1) is 17.0. The van der Waals surface area contributed by atoms with Crippen molar-refractivity contribution < 1.29 is 5.11 Å². The van der Waals surface area contributed by atoms with E-state index in [2.05, 4.69) is 57.3 Å². The summed E-state index contributed by atoms with van der Waals surface area (Å²) in [4.78, 5) is 6.81. The number of fused-ring (bicyclic) bond motifs is 1. The van der Waals surface area contributed by atoms with Gasteiger partial charge >= 0.3 is 0 Å². The number of nitrogens with zero attached hydrogens (tertiary/aromatic N) is 6. The second-order valence-electron chi connectivity index (χ2n) is 8.89. The Morgan fingerprint density at radius 2 is 1.80 bits per heavy atom. The van der Waals surface area contributed by atoms with Crippen LogP contribution in [-0.2, 0) is 0 Å². The molecule has 5 rings (SSSR count). The highest BCUT2D eigenvalue weighted by Crippen LogP contribution is 2.27. The number of phenolic OH excluding ortho intramolecular Hbond substituents is 1. The summed E-state index contributed by atoms with van der Waals surface area (Å²) in [6.45, 7) is 12.1. The third kappa shape index (κ3) is 5.59. The number of rotatable bonds is 3. The third-order valence-corrected chi connectivity index (χ3v) is 6.00. The zero-order valence-corrected chi connectivity index (χ0v) is 21.1. The van der Waals surface area contributed by atoms with E-state index in [9.17, 15) is 5.11 Å². The lowest BCUT2D eigenvalue weighted by atomic mass is 10.0. The Hall–Kier alpha value is -3.52. The number of amidine groups is 1. The first-order valence-corrected chi connectivity index (χ1v) is 12.5. The van der Waals surface area contributed by atoms with Crippen molar-refractivity contribution in [2.75, 3.05) is 26.2 Å². The molecule has 3 aromatic rings. The van der Waals surface area contributed by atoms with Gasteiger partial charge in [0.15, 0.2) is 0 Å². The number of benzene rings is 1. The number of aromatic nitrogens is 3. The quantitative estimate of drug-likeness (QED) is 0.580. The molecule has 1 saturated heterocycles. The minimum absolute atomic E-state index is 0.150. The van der Waals surface area contributed by atoms with Gasteiger partial charge in [0.2, 0.25) is 0 Å². The van der Waals surface area contributed by atoms with Crippen molar-refractivity contribution in [3.8, 4) is 11.4 Å². The molecule has 0 atom stereocenters. The van der Waals surface area contributed by atoms with Crippen LogP contribution in [0.3, 0.4) is 0 Å². The standard InChI is InChI=1S/C24H27N7O.C3H8/c1-3-17-12-20(28-29-24(13-17)30-10-8-25-9-11-30)19-6-5-18(14-23(19)32)31-22-7-4-16(2)27-21(22)15-26-31;1-3-2/h4-7,12,14-15,25,32H,3,8-11,13H2,1-2H3;3H2,1-2H3. The Labute approximate surface area is 207 Å². The number of hydrogen-bond acceptors (Lipinski definition) is 7. The van der Waals surface area contributed by atoms with E-state index in [-0.39, 0.29) is 5.75 Å². The molecule has 2 N–H and O–H groups in total. The molecule has 0 amide bonds. The van der Waals surface area contributed by atoms with Gasteiger partial charge in [-0.1, -0.05) is 32.8 Å². The predicted octanol–water partition coefficient (Wildman–Crippen LogP) is 4.60. The summed E-state index contributed by atoms with van der Waals surface area (Å²) in [5.74, 6) is 1.15. The summed E-state index contributed by atoms with van der Waals surface area (Å²) in [6, 6.07) is 9.49. The van der Waals surface area contributed by atoms with E-state index in [1.165, 1.54) is 12.0 Å². The Balaban J connectivity index is 0.000000917. The second kappa shape index (κ2) is 11.3. The van der Waals surface area contributed by atoms with Crippen molar-refractivity contribution in [2.24, 2.45) is 10.2 Å². The molecule has 2 aliphatic heterocycles. The highest BCUT2D eigenvalue weighted by Gasteiger charge is 2.19. The lowest BCUT2D eigenvalue weighted by Gasteiger charge is -2.29. The molecule has 4 heterocycles. The fourth-order valence-corrected chi connectivity index (χ4v) is 4.17. The number of phenols is 1. The van der Waals surface area contributed by atoms with Crippen LogP contribution < -0.4 is 5.32 Å². The lowest BCUT2D eigenvalue weighted by molar-refractivity contribution is 0.352. The van der Waals surface area contributed by atoms with Crippen molar-refractivity contribution in [2.45, 2.75) is 47.0 Å². The number of aryl methyl sites for hydroxylation is 1. The fourth-order valence-electron chi connectivity index (χ4n) is 4.17. The molecule has 35 heavy (non-hydrogen) atoms. The van der Waals surface area contributed by atoms with E-state index in [4.69, 9.17) is 0 Å². The topological polar surface area (TPSA) is 90.9 Å². The molecule has 2 aromatic heterocycles. The van der Waals surface area contributed by atoms with Crippen molar-refractivity contribution >= 4 is 22.6 Å². The van der Waals surface area contributed by atoms with Gasteiger partial charge in [-0.05, 0) is 43.7 Å². The number of pyridine rings is 1. The highest BCUT2D eigenvalue weighted by atomic mass is 16.3. The van der Waals surface area contributed by atoms with Crippen LogP contribution in [0.25, 0.3) is 16.7 Å². The van der Waals surface area contributed by atoms with E-state index >= 15 is 0 Å². The van der Waals surface area contributed by atoms with Crippen LogP contribution >= 0.6 is 0 Å². The van der Waals surface area contributed by atoms with Gasteiger partial charge in [-0.15, -0.1) is 10.2 Å². The van der Waals surface area contributed by atoms with Gasteiger partial charge in [-0.25, -0.2) is 9.67 Å². The maximum Gasteiger partial charge on any atom is 0.131 e. The summed E-state index contributed by atoms with van der Waals surface area (Å²) in [6.07, 6.45) is 6.75. The molecule has 1 aromatic carbocycles. The summed E-state index contributed by atoms with van der Waals surface area (Å²) in [5, 5.41) is 27.8. The van der Waals surface area contributed by atoms with Gasteiger partial charge in [0.25, 0.3) is 0 Å². The van der Waals surface area contributed by atoms with Crippen molar-refractivity contribution in [1.82, 2.24) is 25.0 Å². The number of hydrogen-bond donors (Lipinski definition) is 2. The van der Waals surface area contributed by atoms with Gasteiger partial charge in [0.05, 0.1) is 23.1 Å². The molecule has 8 heteroatoms. The van der Waals surface area contributed by atoms with E-state index < -0.39 is 0 Å². The minimum atomic E-state index is 0.150. The first kappa shape index (κ1) is 24.6. The molecule has 1 fully saturated rings. The van der Waals surface area contributed by atoms with Crippen molar-refractivity contribution in [1.29, 1.82) is 0 Å². The Kier molecular flexibility index (Phi) is 7.92. The smallest absolute Gasteiger partial charge is 0.131 e. The molecular formula is C27H35N7O. The van der Waals surface area contributed by atoms with Crippen molar-refractivity contribution in [3.63, 3.8) is 0 Å². The molecular weight excluding hydrogens is 438 g/mol. The predicted molar refractivity (Wildman–Crippen MR) is 143 cm³/mol. The van der Waals surface area contributed by atoms with Crippen LogP contribution in [0, 0.1) is 6.92 Å².